The van der Waals surface area contributed by atoms with Crippen molar-refractivity contribution in [1.29, 1.82) is 0 Å². The van der Waals surface area contributed by atoms with Crippen molar-refractivity contribution in [3.05, 3.63) is 243 Å². The number of nitrogens with zero attached hydrogens (tertiary/aromatic N) is 2. The predicted octanol–water partition coefficient (Wildman–Crippen LogP) is 16.7. The van der Waals surface area contributed by atoms with E-state index in [-0.39, 0.29) is 0 Å². The highest BCUT2D eigenvalue weighted by Gasteiger charge is 2.22. The largest absolute Gasteiger partial charge is 0.310 e. The molecule has 11 aromatic carbocycles. The number of para-hydroxylation sites is 2. The van der Waals surface area contributed by atoms with Crippen molar-refractivity contribution in [3.63, 3.8) is 0 Å². The molecule has 0 saturated carbocycles. The topological polar surface area (TPSA) is 8.17 Å². The van der Waals surface area contributed by atoms with Crippen molar-refractivity contribution in [2.45, 2.75) is 0 Å². The maximum atomic E-state index is 2.43. The van der Waals surface area contributed by atoms with Crippen molar-refractivity contribution in [3.8, 4) is 39.1 Å². The van der Waals surface area contributed by atoms with Crippen molar-refractivity contribution in [2.75, 3.05) is 4.90 Å². The molecule has 1 aromatic heterocycles. The zero-order valence-corrected chi connectivity index (χ0v) is 34.0. The zero-order chi connectivity index (χ0) is 41.0. The van der Waals surface area contributed by atoms with Crippen LogP contribution < -0.4 is 4.90 Å². The number of benzene rings is 11. The van der Waals surface area contributed by atoms with Gasteiger partial charge in [-0.1, -0.05) is 176 Å². The highest BCUT2D eigenvalue weighted by atomic mass is 15.1. The van der Waals surface area contributed by atoms with Crippen LogP contribution in [-0.2, 0) is 0 Å². The monoisotopic (exact) mass is 788 g/mol. The molecule has 0 radical (unpaired) electrons. The number of anilines is 3. The predicted molar refractivity (Wildman–Crippen MR) is 264 cm³/mol. The summed E-state index contributed by atoms with van der Waals surface area (Å²) in [5.41, 5.74) is 14.1. The van der Waals surface area contributed by atoms with Crippen LogP contribution in [0, 0.1) is 0 Å². The fourth-order valence-electron chi connectivity index (χ4n) is 9.70. The van der Waals surface area contributed by atoms with Crippen LogP contribution in [0.15, 0.2) is 243 Å². The van der Waals surface area contributed by atoms with Gasteiger partial charge in [-0.15, -0.1) is 0 Å². The Hall–Kier alpha value is -8.20. The first-order chi connectivity index (χ1) is 30.8. The number of aromatic nitrogens is 1. The molecular weight excluding hydrogens is 749 g/mol. The Balaban J connectivity index is 1.11. The van der Waals surface area contributed by atoms with Gasteiger partial charge in [0.05, 0.1) is 11.0 Å². The summed E-state index contributed by atoms with van der Waals surface area (Å²) in [7, 11) is 0. The summed E-state index contributed by atoms with van der Waals surface area (Å²) in [4.78, 5) is 2.43. The van der Waals surface area contributed by atoms with Gasteiger partial charge in [0.1, 0.15) is 0 Å². The van der Waals surface area contributed by atoms with E-state index in [9.17, 15) is 0 Å². The molecule has 0 aliphatic carbocycles. The average Bonchev–Trinajstić information content (AvgIpc) is 3.68. The normalized spacial score (nSPS) is 11.5. The van der Waals surface area contributed by atoms with Crippen LogP contribution >= 0.6 is 0 Å². The molecule has 2 heteroatoms. The minimum atomic E-state index is 1.09. The quantitative estimate of drug-likeness (QED) is 0.146. The van der Waals surface area contributed by atoms with E-state index in [1.807, 2.05) is 0 Å². The van der Waals surface area contributed by atoms with E-state index >= 15 is 0 Å². The van der Waals surface area contributed by atoms with Crippen LogP contribution in [0.4, 0.5) is 17.1 Å². The van der Waals surface area contributed by atoms with E-state index in [2.05, 4.69) is 252 Å². The van der Waals surface area contributed by atoms with Gasteiger partial charge in [0.25, 0.3) is 0 Å². The first kappa shape index (κ1) is 35.7. The second-order valence-corrected chi connectivity index (χ2v) is 16.1. The highest BCUT2D eigenvalue weighted by Crippen LogP contribution is 2.47. The van der Waals surface area contributed by atoms with Gasteiger partial charge in [-0.2, -0.15) is 0 Å². The average molecular weight is 789 g/mol. The van der Waals surface area contributed by atoms with Crippen molar-refractivity contribution in [1.82, 2.24) is 4.57 Å². The van der Waals surface area contributed by atoms with Crippen LogP contribution in [0.5, 0.6) is 0 Å². The Bertz CT molecular complexity index is 3610. The van der Waals surface area contributed by atoms with Crippen LogP contribution in [-0.4, -0.2) is 4.57 Å². The first-order valence-electron chi connectivity index (χ1n) is 21.3. The fraction of sp³-hybridized carbons (Fsp3) is 0. The SMILES string of the molecule is c1ccc(-c2c(-c3ccccc3)c3cc(N(c4ccc(-c5ccc6ccccc6c5)cc4)c4ccc5c(c4)c4ccccc4n5-c4ccccc4)ccc3c3ccccc23)cc1. The maximum Gasteiger partial charge on any atom is 0.0542 e. The van der Waals surface area contributed by atoms with E-state index in [0.29, 0.717) is 0 Å². The van der Waals surface area contributed by atoms with Gasteiger partial charge in [-0.25, -0.2) is 0 Å². The van der Waals surface area contributed by atoms with Crippen molar-refractivity contribution < 1.29 is 0 Å². The summed E-state index contributed by atoms with van der Waals surface area (Å²) in [5, 5.41) is 9.87. The van der Waals surface area contributed by atoms with Crippen LogP contribution in [0.2, 0.25) is 0 Å². The third kappa shape index (κ3) is 5.96. The van der Waals surface area contributed by atoms with Gasteiger partial charge >= 0.3 is 0 Å². The van der Waals surface area contributed by atoms with Crippen LogP contribution in [0.1, 0.15) is 0 Å². The Labute approximate surface area is 360 Å². The van der Waals surface area contributed by atoms with Gasteiger partial charge in [0.15, 0.2) is 0 Å². The third-order valence-electron chi connectivity index (χ3n) is 12.5. The number of hydrogen-bond donors (Lipinski definition) is 0. The summed E-state index contributed by atoms with van der Waals surface area (Å²) in [5.74, 6) is 0. The summed E-state index contributed by atoms with van der Waals surface area (Å²) in [6, 6.07) is 88.6. The summed E-state index contributed by atoms with van der Waals surface area (Å²) >= 11 is 0. The molecule has 0 aliphatic heterocycles. The lowest BCUT2D eigenvalue weighted by Crippen LogP contribution is -2.10. The van der Waals surface area contributed by atoms with E-state index < -0.39 is 0 Å². The Morgan fingerprint density at radius 2 is 0.758 bits per heavy atom. The third-order valence-corrected chi connectivity index (χ3v) is 12.5. The lowest BCUT2D eigenvalue weighted by atomic mass is 9.85. The minimum Gasteiger partial charge on any atom is -0.310 e. The molecule has 0 bridgehead atoms. The molecule has 62 heavy (non-hydrogen) atoms. The number of fused-ring (bicyclic) bond motifs is 7. The Morgan fingerprint density at radius 3 is 1.48 bits per heavy atom. The molecule has 0 saturated heterocycles. The zero-order valence-electron chi connectivity index (χ0n) is 34.0. The van der Waals surface area contributed by atoms with E-state index in [4.69, 9.17) is 0 Å². The second kappa shape index (κ2) is 14.8. The van der Waals surface area contributed by atoms with E-state index in [0.717, 1.165) is 22.7 Å². The molecule has 290 valence electrons. The molecular formula is C60H40N2. The van der Waals surface area contributed by atoms with Gasteiger partial charge in [-0.05, 0) is 132 Å². The molecule has 0 atom stereocenters. The van der Waals surface area contributed by atoms with Crippen molar-refractivity contribution >= 4 is 71.2 Å². The van der Waals surface area contributed by atoms with Crippen LogP contribution in [0.25, 0.3) is 93.2 Å². The highest BCUT2D eigenvalue weighted by molar-refractivity contribution is 6.22. The van der Waals surface area contributed by atoms with Crippen molar-refractivity contribution in [2.24, 2.45) is 0 Å². The maximum absolute atomic E-state index is 2.43. The Kier molecular flexibility index (Phi) is 8.53. The van der Waals surface area contributed by atoms with Gasteiger partial charge in [0.2, 0.25) is 0 Å². The lowest BCUT2D eigenvalue weighted by Gasteiger charge is -2.27. The molecule has 0 amide bonds. The molecule has 0 unspecified atom stereocenters. The summed E-state index contributed by atoms with van der Waals surface area (Å²) in [6.45, 7) is 0. The second-order valence-electron chi connectivity index (χ2n) is 16.1. The molecule has 2 nitrogen and oxygen atoms in total. The minimum absolute atomic E-state index is 1.09. The molecule has 12 aromatic rings. The summed E-state index contributed by atoms with van der Waals surface area (Å²) < 4.78 is 2.38. The summed E-state index contributed by atoms with van der Waals surface area (Å²) in [6.07, 6.45) is 0. The smallest absolute Gasteiger partial charge is 0.0542 e. The van der Waals surface area contributed by atoms with E-state index in [1.165, 1.54) is 87.5 Å². The number of rotatable bonds is 7. The fourth-order valence-corrected chi connectivity index (χ4v) is 9.70. The Morgan fingerprint density at radius 1 is 0.258 bits per heavy atom. The molecule has 1 heterocycles. The van der Waals surface area contributed by atoms with Crippen LogP contribution in [0.3, 0.4) is 0 Å². The molecule has 0 spiro atoms. The van der Waals surface area contributed by atoms with E-state index in [1.54, 1.807) is 0 Å². The molecule has 0 N–H and O–H groups in total. The first-order valence-corrected chi connectivity index (χ1v) is 21.3. The van der Waals surface area contributed by atoms with Gasteiger partial charge < -0.3 is 9.47 Å². The molecule has 12 rings (SSSR count). The number of hydrogen-bond acceptors (Lipinski definition) is 1. The standard InChI is InChI=1S/C60H40N2/c1-4-17-43(18-5-1)59-54-26-13-12-24-51(54)52-36-34-49(40-56(52)60(59)44-19-6-2-7-20-44)61(48-32-30-42(31-33-48)46-29-28-41-16-10-11-21-45(41)38-46)50-35-37-58-55(39-50)53-25-14-15-27-57(53)62(58)47-22-8-3-9-23-47/h1-40H. The lowest BCUT2D eigenvalue weighted by molar-refractivity contribution is 1.18. The molecule has 0 fully saturated rings. The van der Waals surface area contributed by atoms with Gasteiger partial charge in [0, 0.05) is 33.5 Å². The van der Waals surface area contributed by atoms with Gasteiger partial charge in [-0.3, -0.25) is 0 Å². The molecule has 0 aliphatic rings.